The number of amides is 5. The molecule has 19 heteroatoms. The van der Waals surface area contributed by atoms with Crippen LogP contribution >= 0.6 is 0 Å². The molecule has 0 spiro atoms. The predicted octanol–water partition coefficient (Wildman–Crippen LogP) is -1.47. The zero-order valence-corrected chi connectivity index (χ0v) is 31.1. The van der Waals surface area contributed by atoms with Crippen LogP contribution in [0, 0.1) is 5.92 Å². The van der Waals surface area contributed by atoms with E-state index in [0.717, 1.165) is 45.1 Å². The van der Waals surface area contributed by atoms with Crippen LogP contribution in [0.2, 0.25) is 0 Å². The zero-order valence-electron chi connectivity index (χ0n) is 31.1. The first kappa shape index (κ1) is 53.9. The average Bonchev–Trinajstić information content (AvgIpc) is 3.12. The molecule has 0 bridgehead atoms. The molecule has 10 N–H and O–H groups in total. The Bertz CT molecular complexity index is 841. The van der Waals surface area contributed by atoms with Crippen molar-refractivity contribution in [1.82, 2.24) is 42.3 Å². The molecule has 0 saturated carbocycles. The molecule has 5 amide bonds. The summed E-state index contributed by atoms with van der Waals surface area (Å²) in [6.07, 6.45) is 11.4. The van der Waals surface area contributed by atoms with E-state index >= 15 is 0 Å². The Morgan fingerprint density at radius 1 is 0.500 bits per heavy atom. The number of Topliss-reactive ketones (excluding diaryl/α,β-unsaturated/α-hetero) is 1. The van der Waals surface area contributed by atoms with E-state index in [-0.39, 0.29) is 55.6 Å². The van der Waals surface area contributed by atoms with Crippen LogP contribution in [-0.4, -0.2) is 120 Å². The predicted molar refractivity (Wildman–Crippen MR) is 203 cm³/mol. The van der Waals surface area contributed by atoms with E-state index in [1.807, 2.05) is 24.3 Å². The minimum absolute atomic E-state index is 0.0100. The standard InChI is InChI=1S/C19H35BN4O4.C8H19N.C4H7B2N3O2.BH2N/c1-15(2)16(25)9-5-3-7-11-22-18(27)13-21-14-19(28)23-12-8-4-6-10-17(26)24-20;1-3-5-6-7-8-9-4-2;5-8-3(10)1-7-2-4(11)9-6;1-2/h15,21H,3-14H2,1-2H3,(H,22,27)(H,23,28)(H,24,26);9H,3-8H2,1-2H3;7H,1-2H2,(H,8,10)(H,9,11);2H2. The maximum absolute atomic E-state index is 11.7. The molecule has 0 rings (SSSR count). The number of carbonyl (C=O) groups is 6. The molecule has 280 valence electrons. The Kier molecular flexibility index (Phi) is 47.6. The molecule has 0 unspecified atom stereocenters. The number of unbranched alkanes of at least 4 members (excludes halogenated alkanes) is 7. The van der Waals surface area contributed by atoms with Gasteiger partial charge in [-0.3, -0.25) is 39.4 Å². The van der Waals surface area contributed by atoms with E-state index < -0.39 is 11.8 Å². The van der Waals surface area contributed by atoms with E-state index in [9.17, 15) is 28.8 Å². The molecule has 0 aliphatic carbocycles. The molecule has 0 aromatic rings. The van der Waals surface area contributed by atoms with Gasteiger partial charge in [-0.1, -0.05) is 59.8 Å². The lowest BCUT2D eigenvalue weighted by Gasteiger charge is -2.08. The van der Waals surface area contributed by atoms with Crippen molar-refractivity contribution in [3.8, 4) is 0 Å². The smallest absolute Gasteiger partial charge is 0.233 e. The second-order valence-corrected chi connectivity index (χ2v) is 11.3. The molecular weight excluding hydrogens is 638 g/mol. The van der Waals surface area contributed by atoms with Gasteiger partial charge >= 0.3 is 0 Å². The topological polar surface area (TPSA) is 225 Å². The van der Waals surface area contributed by atoms with Gasteiger partial charge in [0.2, 0.25) is 53.5 Å². The maximum atomic E-state index is 11.7. The van der Waals surface area contributed by atoms with E-state index in [4.69, 9.17) is 23.9 Å². The van der Waals surface area contributed by atoms with Crippen LogP contribution in [0.15, 0.2) is 0 Å². The zero-order chi connectivity index (χ0) is 38.8. The summed E-state index contributed by atoms with van der Waals surface area (Å²) < 4.78 is 0. The molecule has 0 aromatic heterocycles. The van der Waals surface area contributed by atoms with Crippen molar-refractivity contribution in [3.05, 3.63) is 0 Å². The second kappa shape index (κ2) is 44.1. The normalized spacial score (nSPS) is 9.72. The van der Waals surface area contributed by atoms with Crippen molar-refractivity contribution >= 4 is 67.2 Å². The summed E-state index contributed by atoms with van der Waals surface area (Å²) in [6.45, 7) is 11.8. The number of hydrogen-bond acceptors (Lipinski definition) is 10. The number of ketones is 1. The van der Waals surface area contributed by atoms with Gasteiger partial charge in [0.05, 0.1) is 26.2 Å². The molecule has 50 heavy (non-hydrogen) atoms. The van der Waals surface area contributed by atoms with E-state index in [1.165, 1.54) is 32.2 Å². The van der Waals surface area contributed by atoms with Crippen molar-refractivity contribution in [2.45, 2.75) is 105 Å². The van der Waals surface area contributed by atoms with Crippen LogP contribution in [0.25, 0.3) is 0 Å². The van der Waals surface area contributed by atoms with Crippen LogP contribution in [0.5, 0.6) is 0 Å². The molecule has 0 aromatic carbocycles. The van der Waals surface area contributed by atoms with Gasteiger partial charge in [0, 0.05) is 31.8 Å². The Labute approximate surface area is 306 Å². The van der Waals surface area contributed by atoms with Crippen LogP contribution < -0.4 is 47.9 Å². The highest BCUT2D eigenvalue weighted by atomic mass is 16.2. The lowest BCUT2D eigenvalue weighted by atomic mass is 10.0. The Morgan fingerprint density at radius 2 is 0.900 bits per heavy atom. The van der Waals surface area contributed by atoms with Crippen molar-refractivity contribution < 1.29 is 28.8 Å². The summed E-state index contributed by atoms with van der Waals surface area (Å²) >= 11 is 0. The largest absolute Gasteiger partial charge is 0.409 e. The average molecular weight is 701 g/mol. The number of carbonyl (C=O) groups excluding carboxylic acids is 6. The van der Waals surface area contributed by atoms with Gasteiger partial charge in [-0.15, -0.1) is 0 Å². The third-order valence-corrected chi connectivity index (χ3v) is 6.55. The minimum atomic E-state index is -0.394. The van der Waals surface area contributed by atoms with Gasteiger partial charge in [-0.25, -0.2) is 0 Å². The Hall–Kier alpha value is -2.88. The third-order valence-electron chi connectivity index (χ3n) is 6.55. The van der Waals surface area contributed by atoms with Crippen LogP contribution in [0.4, 0.5) is 0 Å². The number of nitrogens with two attached hydrogens (primary N) is 1. The first-order chi connectivity index (χ1) is 24.0. The first-order valence-electron chi connectivity index (χ1n) is 17.5. The highest BCUT2D eigenvalue weighted by Gasteiger charge is 2.07. The molecule has 0 atom stereocenters. The lowest BCUT2D eigenvalue weighted by molar-refractivity contribution is -0.123. The Balaban J connectivity index is -0.000000391. The second-order valence-electron chi connectivity index (χ2n) is 11.3. The van der Waals surface area contributed by atoms with Crippen LogP contribution in [-0.2, 0) is 28.8 Å². The fourth-order valence-electron chi connectivity index (χ4n) is 3.66. The van der Waals surface area contributed by atoms with Crippen molar-refractivity contribution in [3.63, 3.8) is 0 Å². The number of hydrogen-bond donors (Lipinski definition) is 9. The fourth-order valence-corrected chi connectivity index (χ4v) is 3.66. The minimum Gasteiger partial charge on any atom is -0.409 e. The van der Waals surface area contributed by atoms with Gasteiger partial charge in [0.25, 0.3) is 0 Å². The van der Waals surface area contributed by atoms with Crippen molar-refractivity contribution in [1.29, 1.82) is 0 Å². The highest BCUT2D eigenvalue weighted by Crippen LogP contribution is 2.05. The third kappa shape index (κ3) is 47.2. The molecule has 15 nitrogen and oxygen atoms in total. The molecule has 0 fully saturated rings. The first-order valence-corrected chi connectivity index (χ1v) is 17.5. The molecular formula is C31H63B4N9O6. The van der Waals surface area contributed by atoms with Gasteiger partial charge in [0.1, 0.15) is 5.78 Å². The molecule has 0 aliphatic heterocycles. The lowest BCUT2D eigenvalue weighted by Crippen LogP contribution is -2.40. The van der Waals surface area contributed by atoms with Crippen molar-refractivity contribution in [2.75, 3.05) is 52.4 Å². The van der Waals surface area contributed by atoms with E-state index in [0.29, 0.717) is 25.9 Å². The van der Waals surface area contributed by atoms with Crippen molar-refractivity contribution in [2.24, 2.45) is 11.6 Å². The summed E-state index contributed by atoms with van der Waals surface area (Å²) in [5.41, 5.74) is 4.00. The summed E-state index contributed by atoms with van der Waals surface area (Å²) in [7, 11) is 18.5. The summed E-state index contributed by atoms with van der Waals surface area (Å²) in [4.78, 5) is 66.5. The van der Waals surface area contributed by atoms with Gasteiger partial charge in [-0.05, 0) is 45.2 Å². The number of nitrogens with one attached hydrogen (secondary N) is 8. The van der Waals surface area contributed by atoms with Crippen LogP contribution in [0.1, 0.15) is 105 Å². The SMILES string of the molecule is CCCCCCNCC.[B]N.[B]NC(=O)CCCCCNC(=O)CNCC(=O)NCCCCCC(=O)C(C)C.[B]NC(=O)CNCC(=O)N[B]. The molecule has 0 aliphatic rings. The Morgan fingerprint density at radius 3 is 1.30 bits per heavy atom. The van der Waals surface area contributed by atoms with E-state index in [2.05, 4.69) is 59.3 Å². The molecule has 0 saturated heterocycles. The summed E-state index contributed by atoms with van der Waals surface area (Å²) in [5, 5.41) is 20.0. The quantitative estimate of drug-likeness (QED) is 0.0358. The molecule has 0 heterocycles. The fraction of sp³-hybridized carbons (Fsp3) is 0.806. The highest BCUT2D eigenvalue weighted by molar-refractivity contribution is 6.15. The summed E-state index contributed by atoms with van der Waals surface area (Å²) in [5.74, 6) is -0.915. The van der Waals surface area contributed by atoms with Crippen LogP contribution in [0.3, 0.4) is 0 Å². The maximum Gasteiger partial charge on any atom is 0.233 e. The van der Waals surface area contributed by atoms with Gasteiger partial charge < -0.3 is 37.3 Å². The monoisotopic (exact) mass is 702 g/mol. The van der Waals surface area contributed by atoms with E-state index in [1.54, 1.807) is 0 Å². The number of rotatable bonds is 27. The van der Waals surface area contributed by atoms with Gasteiger partial charge in [0.15, 0.2) is 7.98 Å². The summed E-state index contributed by atoms with van der Waals surface area (Å²) in [6, 6.07) is 0. The molecule has 8 radical (unpaired) electrons. The van der Waals surface area contributed by atoms with Gasteiger partial charge in [-0.2, -0.15) is 0 Å².